The van der Waals surface area contributed by atoms with Crippen LogP contribution in [0.5, 0.6) is 0 Å². The van der Waals surface area contributed by atoms with Crippen molar-refractivity contribution < 1.29 is 4.79 Å². The van der Waals surface area contributed by atoms with Gasteiger partial charge in [0.05, 0.1) is 6.42 Å². The van der Waals surface area contributed by atoms with Crippen molar-refractivity contribution in [3.8, 4) is 0 Å². The minimum atomic E-state index is -0.162. The first kappa shape index (κ1) is 12.3. The highest BCUT2D eigenvalue weighted by molar-refractivity contribution is 5.86. The average Bonchev–Trinajstić information content (AvgIpc) is 2.76. The van der Waals surface area contributed by atoms with Gasteiger partial charge in [-0.1, -0.05) is 6.92 Å². The van der Waals surface area contributed by atoms with E-state index < -0.39 is 0 Å². The van der Waals surface area contributed by atoms with Gasteiger partial charge in [-0.15, -0.1) is 0 Å². The van der Waals surface area contributed by atoms with Crippen LogP contribution < -0.4 is 5.32 Å². The predicted octanol–water partition coefficient (Wildman–Crippen LogP) is 1.31. The van der Waals surface area contributed by atoms with Gasteiger partial charge in [0.1, 0.15) is 11.6 Å². The highest BCUT2D eigenvalue weighted by Gasteiger charge is 2.37. The molecule has 1 atom stereocenters. The van der Waals surface area contributed by atoms with E-state index in [1.54, 1.807) is 6.20 Å². The molecule has 1 fully saturated rings. The van der Waals surface area contributed by atoms with Crippen molar-refractivity contribution in [3.63, 3.8) is 0 Å². The molecule has 0 radical (unpaired) electrons. The molecule has 0 bridgehead atoms. The van der Waals surface area contributed by atoms with E-state index in [0.717, 1.165) is 38.2 Å². The summed E-state index contributed by atoms with van der Waals surface area (Å²) >= 11 is 0. The second kappa shape index (κ2) is 5.00. The maximum absolute atomic E-state index is 12.5. The van der Waals surface area contributed by atoms with Crippen molar-refractivity contribution in [1.82, 2.24) is 14.9 Å². The zero-order chi connectivity index (χ0) is 12.3. The molecule has 0 saturated carbocycles. The molecule has 1 aromatic rings. The van der Waals surface area contributed by atoms with Gasteiger partial charge >= 0.3 is 0 Å². The molecular weight excluding hydrogens is 214 g/mol. The van der Waals surface area contributed by atoms with Gasteiger partial charge in [-0.25, -0.2) is 4.98 Å². The number of hydrogen-bond acceptors (Lipinski definition) is 3. The largest absolute Gasteiger partial charge is 0.338 e. The summed E-state index contributed by atoms with van der Waals surface area (Å²) in [4.78, 5) is 16.7. The molecule has 0 aromatic carbocycles. The Morgan fingerprint density at radius 3 is 3.00 bits per heavy atom. The second-order valence-electron chi connectivity index (χ2n) is 4.97. The van der Waals surface area contributed by atoms with Crippen molar-refractivity contribution in [2.75, 3.05) is 13.1 Å². The Hall–Kier alpha value is -1.16. The summed E-state index contributed by atoms with van der Waals surface area (Å²) in [6.07, 6.45) is 7.13. The van der Waals surface area contributed by atoms with E-state index >= 15 is 0 Å². The van der Waals surface area contributed by atoms with Crippen LogP contribution in [0.3, 0.4) is 0 Å². The number of piperidine rings is 1. The van der Waals surface area contributed by atoms with Crippen molar-refractivity contribution in [1.29, 1.82) is 0 Å². The Bertz CT molecular complexity index is 391. The Morgan fingerprint density at radius 2 is 2.47 bits per heavy atom. The van der Waals surface area contributed by atoms with Crippen LogP contribution in [0.4, 0.5) is 0 Å². The van der Waals surface area contributed by atoms with Gasteiger partial charge in [0.25, 0.3) is 0 Å². The fourth-order valence-electron chi connectivity index (χ4n) is 2.60. The molecule has 1 saturated heterocycles. The number of carbonyl (C=O) groups excluding carboxylic acids is 1. The van der Waals surface area contributed by atoms with E-state index in [0.29, 0.717) is 12.2 Å². The fourth-order valence-corrected chi connectivity index (χ4v) is 2.60. The number of aromatic nitrogens is 2. The number of aryl methyl sites for hydroxylation is 1. The molecule has 1 aliphatic rings. The SMILES string of the molecule is CCC1(C(=O)Cc2nccn2C)CCCNC1. The van der Waals surface area contributed by atoms with E-state index in [-0.39, 0.29) is 5.41 Å². The first-order valence-corrected chi connectivity index (χ1v) is 6.38. The van der Waals surface area contributed by atoms with E-state index in [4.69, 9.17) is 0 Å². The lowest BCUT2D eigenvalue weighted by molar-refractivity contribution is -0.129. The predicted molar refractivity (Wildman–Crippen MR) is 66.7 cm³/mol. The van der Waals surface area contributed by atoms with Crippen molar-refractivity contribution in [2.24, 2.45) is 12.5 Å². The summed E-state index contributed by atoms with van der Waals surface area (Å²) in [5, 5.41) is 3.35. The Morgan fingerprint density at radius 1 is 1.65 bits per heavy atom. The van der Waals surface area contributed by atoms with Gasteiger partial charge in [0, 0.05) is 31.4 Å². The molecule has 0 spiro atoms. The molecule has 2 heterocycles. The van der Waals surface area contributed by atoms with Crippen LogP contribution >= 0.6 is 0 Å². The molecule has 1 aliphatic heterocycles. The summed E-state index contributed by atoms with van der Waals surface area (Å²) in [5.74, 6) is 1.20. The van der Waals surface area contributed by atoms with Crippen LogP contribution in [0.25, 0.3) is 0 Å². The Kier molecular flexibility index (Phi) is 3.62. The zero-order valence-electron chi connectivity index (χ0n) is 10.7. The van der Waals surface area contributed by atoms with Crippen LogP contribution in [0.1, 0.15) is 32.0 Å². The van der Waals surface area contributed by atoms with E-state index in [1.807, 2.05) is 17.8 Å². The maximum Gasteiger partial charge on any atom is 0.147 e. The van der Waals surface area contributed by atoms with Crippen LogP contribution in [0, 0.1) is 5.41 Å². The maximum atomic E-state index is 12.5. The summed E-state index contributed by atoms with van der Waals surface area (Å²) in [6, 6.07) is 0. The Balaban J connectivity index is 2.10. The molecule has 0 aliphatic carbocycles. The minimum absolute atomic E-state index is 0.162. The highest BCUT2D eigenvalue weighted by atomic mass is 16.1. The normalized spacial score (nSPS) is 24.8. The summed E-state index contributed by atoms with van der Waals surface area (Å²) in [6.45, 7) is 3.98. The molecule has 4 nitrogen and oxygen atoms in total. The molecule has 1 aromatic heterocycles. The molecule has 1 unspecified atom stereocenters. The fraction of sp³-hybridized carbons (Fsp3) is 0.692. The highest BCUT2D eigenvalue weighted by Crippen LogP contribution is 2.32. The number of imidazole rings is 1. The lowest BCUT2D eigenvalue weighted by Crippen LogP contribution is -2.46. The van der Waals surface area contributed by atoms with E-state index in [1.165, 1.54) is 0 Å². The number of carbonyl (C=O) groups is 1. The van der Waals surface area contributed by atoms with Gasteiger partial charge in [-0.05, 0) is 25.8 Å². The summed E-state index contributed by atoms with van der Waals surface area (Å²) < 4.78 is 1.93. The third-order valence-electron chi connectivity index (χ3n) is 3.98. The van der Waals surface area contributed by atoms with Crippen molar-refractivity contribution in [3.05, 3.63) is 18.2 Å². The average molecular weight is 235 g/mol. The molecule has 1 N–H and O–H groups in total. The number of nitrogens with zero attached hydrogens (tertiary/aromatic N) is 2. The monoisotopic (exact) mass is 235 g/mol. The smallest absolute Gasteiger partial charge is 0.147 e. The van der Waals surface area contributed by atoms with Gasteiger partial charge in [-0.2, -0.15) is 0 Å². The molecule has 4 heteroatoms. The quantitative estimate of drug-likeness (QED) is 0.856. The van der Waals surface area contributed by atoms with Crippen LogP contribution in [-0.4, -0.2) is 28.4 Å². The number of nitrogens with one attached hydrogen (secondary N) is 1. The van der Waals surface area contributed by atoms with Crippen LogP contribution in [0.15, 0.2) is 12.4 Å². The first-order chi connectivity index (χ1) is 8.18. The lowest BCUT2D eigenvalue weighted by atomic mass is 9.74. The van der Waals surface area contributed by atoms with Crippen LogP contribution in [-0.2, 0) is 18.3 Å². The van der Waals surface area contributed by atoms with E-state index in [2.05, 4.69) is 17.2 Å². The minimum Gasteiger partial charge on any atom is -0.338 e. The number of Topliss-reactive ketones (excluding diaryl/α,β-unsaturated/α-hetero) is 1. The zero-order valence-corrected chi connectivity index (χ0v) is 10.7. The molecule has 0 amide bonds. The standard InChI is InChI=1S/C13H21N3O/c1-3-13(5-4-6-14-10-13)11(17)9-12-15-7-8-16(12)2/h7-8,14H,3-6,9-10H2,1-2H3. The van der Waals surface area contributed by atoms with Gasteiger partial charge in [-0.3, -0.25) is 4.79 Å². The molecule has 94 valence electrons. The topological polar surface area (TPSA) is 46.9 Å². The third kappa shape index (κ3) is 2.41. The van der Waals surface area contributed by atoms with Gasteiger partial charge in [0.2, 0.25) is 0 Å². The van der Waals surface area contributed by atoms with Gasteiger partial charge in [0.15, 0.2) is 0 Å². The van der Waals surface area contributed by atoms with Crippen molar-refractivity contribution in [2.45, 2.75) is 32.6 Å². The number of ketones is 1. The summed E-state index contributed by atoms with van der Waals surface area (Å²) in [7, 11) is 1.94. The van der Waals surface area contributed by atoms with E-state index in [9.17, 15) is 4.79 Å². The molecule has 2 rings (SSSR count). The number of rotatable bonds is 4. The molecular formula is C13H21N3O. The third-order valence-corrected chi connectivity index (χ3v) is 3.98. The van der Waals surface area contributed by atoms with Crippen molar-refractivity contribution >= 4 is 5.78 Å². The number of hydrogen-bond donors (Lipinski definition) is 1. The van der Waals surface area contributed by atoms with Gasteiger partial charge < -0.3 is 9.88 Å². The summed E-state index contributed by atoms with van der Waals surface area (Å²) in [5.41, 5.74) is -0.162. The van der Waals surface area contributed by atoms with Crippen LogP contribution in [0.2, 0.25) is 0 Å². The second-order valence-corrected chi connectivity index (χ2v) is 4.97. The lowest BCUT2D eigenvalue weighted by Gasteiger charge is -2.35. The Labute approximate surface area is 102 Å². The first-order valence-electron chi connectivity index (χ1n) is 6.38. The molecule has 17 heavy (non-hydrogen) atoms.